The summed E-state index contributed by atoms with van der Waals surface area (Å²) in [5, 5.41) is 6.28. The number of hydrogen-bond donors (Lipinski definition) is 3. The molecule has 0 saturated heterocycles. The third-order valence-electron chi connectivity index (χ3n) is 5.43. The van der Waals surface area contributed by atoms with Gasteiger partial charge in [0, 0.05) is 29.5 Å². The van der Waals surface area contributed by atoms with Crippen molar-refractivity contribution < 1.29 is 23.5 Å². The van der Waals surface area contributed by atoms with E-state index in [1.807, 2.05) is 18.2 Å². The second kappa shape index (κ2) is 9.55. The lowest BCUT2D eigenvalue weighted by Gasteiger charge is -2.10. The third-order valence-corrected chi connectivity index (χ3v) is 5.43. The molecule has 0 unspecified atom stereocenters. The maximum absolute atomic E-state index is 12.2. The van der Waals surface area contributed by atoms with Crippen LogP contribution >= 0.6 is 0 Å². The first-order chi connectivity index (χ1) is 15.5. The summed E-state index contributed by atoms with van der Waals surface area (Å²) in [4.78, 5) is 34.8. The molecule has 1 aromatic heterocycles. The Balaban J connectivity index is 1.27. The molecule has 2 aromatic carbocycles. The average molecular weight is 435 g/mol. The van der Waals surface area contributed by atoms with Gasteiger partial charge in [-0.25, -0.2) is 0 Å². The molecule has 8 heteroatoms. The average Bonchev–Trinajstić information content (AvgIpc) is 3.18. The second-order valence-corrected chi connectivity index (χ2v) is 7.78. The monoisotopic (exact) mass is 435 g/mol. The standard InChI is InChI=1S/C24H25N3O5/c25-22(28)13-27-24(30)16-7-5-15(6-8-16)12-26-23(29)14-31-17-9-10-21-19(11-17)18-3-1-2-4-20(18)32-21/h5-11H,1-4,12-14H2,(H2,25,28)(H,26,29)(H,27,30). The van der Waals surface area contributed by atoms with E-state index < -0.39 is 5.91 Å². The number of hydrogen-bond acceptors (Lipinski definition) is 5. The van der Waals surface area contributed by atoms with E-state index in [4.69, 9.17) is 14.9 Å². The van der Waals surface area contributed by atoms with Crippen molar-refractivity contribution in [1.29, 1.82) is 0 Å². The predicted molar refractivity (Wildman–Crippen MR) is 118 cm³/mol. The Morgan fingerprint density at radius 2 is 1.78 bits per heavy atom. The van der Waals surface area contributed by atoms with Gasteiger partial charge in [0.15, 0.2) is 6.61 Å². The first-order valence-corrected chi connectivity index (χ1v) is 10.6. The van der Waals surface area contributed by atoms with Crippen molar-refractivity contribution in [2.45, 2.75) is 32.2 Å². The third kappa shape index (κ3) is 5.08. The van der Waals surface area contributed by atoms with E-state index in [0.29, 0.717) is 17.9 Å². The van der Waals surface area contributed by atoms with E-state index in [0.717, 1.165) is 48.0 Å². The molecule has 3 aromatic rings. The molecule has 32 heavy (non-hydrogen) atoms. The van der Waals surface area contributed by atoms with Gasteiger partial charge in [-0.15, -0.1) is 0 Å². The van der Waals surface area contributed by atoms with Crippen LogP contribution in [0.15, 0.2) is 46.9 Å². The molecule has 0 atom stereocenters. The molecule has 1 heterocycles. The summed E-state index contributed by atoms with van der Waals surface area (Å²) < 4.78 is 11.6. The molecule has 0 bridgehead atoms. The lowest BCUT2D eigenvalue weighted by molar-refractivity contribution is -0.123. The van der Waals surface area contributed by atoms with E-state index in [1.54, 1.807) is 24.3 Å². The molecular formula is C24H25N3O5. The van der Waals surface area contributed by atoms with Crippen LogP contribution in [0.5, 0.6) is 5.75 Å². The van der Waals surface area contributed by atoms with Gasteiger partial charge in [-0.3, -0.25) is 14.4 Å². The minimum atomic E-state index is -0.607. The van der Waals surface area contributed by atoms with Gasteiger partial charge in [0.05, 0.1) is 6.54 Å². The second-order valence-electron chi connectivity index (χ2n) is 7.78. The lowest BCUT2D eigenvalue weighted by Crippen LogP contribution is -2.33. The largest absolute Gasteiger partial charge is 0.484 e. The van der Waals surface area contributed by atoms with Crippen LogP contribution in [0.2, 0.25) is 0 Å². The van der Waals surface area contributed by atoms with Crippen molar-refractivity contribution >= 4 is 28.7 Å². The van der Waals surface area contributed by atoms with E-state index in [9.17, 15) is 14.4 Å². The lowest BCUT2D eigenvalue weighted by atomic mass is 9.96. The molecule has 1 aliphatic carbocycles. The summed E-state index contributed by atoms with van der Waals surface area (Å²) in [6, 6.07) is 12.4. The molecule has 0 saturated carbocycles. The van der Waals surface area contributed by atoms with Crippen LogP contribution in [-0.4, -0.2) is 30.9 Å². The van der Waals surface area contributed by atoms with Gasteiger partial charge in [0.25, 0.3) is 11.8 Å². The number of rotatable bonds is 8. The van der Waals surface area contributed by atoms with Crippen LogP contribution in [0.25, 0.3) is 11.0 Å². The number of benzene rings is 2. The number of primary amides is 1. The van der Waals surface area contributed by atoms with Crippen molar-refractivity contribution in [2.75, 3.05) is 13.2 Å². The highest BCUT2D eigenvalue weighted by atomic mass is 16.5. The van der Waals surface area contributed by atoms with E-state index in [2.05, 4.69) is 10.6 Å². The Bertz CT molecular complexity index is 1150. The van der Waals surface area contributed by atoms with Crippen LogP contribution in [0.3, 0.4) is 0 Å². The van der Waals surface area contributed by atoms with Crippen molar-refractivity contribution in [3.05, 3.63) is 64.9 Å². The normalized spacial score (nSPS) is 12.8. The predicted octanol–water partition coefficient (Wildman–Crippen LogP) is 2.22. The Morgan fingerprint density at radius 1 is 1.00 bits per heavy atom. The topological polar surface area (TPSA) is 124 Å². The maximum Gasteiger partial charge on any atom is 0.258 e. The number of aryl methyl sites for hydroxylation is 2. The number of carbonyl (C=O) groups excluding carboxylic acids is 3. The quantitative estimate of drug-likeness (QED) is 0.501. The van der Waals surface area contributed by atoms with E-state index in [1.165, 1.54) is 5.56 Å². The number of nitrogens with two attached hydrogens (primary N) is 1. The molecule has 3 amide bonds. The van der Waals surface area contributed by atoms with Crippen LogP contribution in [0.1, 0.15) is 40.1 Å². The van der Waals surface area contributed by atoms with Gasteiger partial charge in [0.1, 0.15) is 17.1 Å². The minimum absolute atomic E-state index is 0.0981. The van der Waals surface area contributed by atoms with Crippen LogP contribution in [0, 0.1) is 0 Å². The molecule has 166 valence electrons. The fraction of sp³-hybridized carbons (Fsp3) is 0.292. The Labute approximate surface area is 185 Å². The van der Waals surface area contributed by atoms with Gasteiger partial charge in [-0.1, -0.05) is 12.1 Å². The summed E-state index contributed by atoms with van der Waals surface area (Å²) in [7, 11) is 0. The molecular weight excluding hydrogens is 410 g/mol. The van der Waals surface area contributed by atoms with Gasteiger partial charge in [-0.2, -0.15) is 0 Å². The van der Waals surface area contributed by atoms with Crippen LogP contribution < -0.4 is 21.1 Å². The molecule has 0 radical (unpaired) electrons. The first-order valence-electron chi connectivity index (χ1n) is 10.6. The summed E-state index contributed by atoms with van der Waals surface area (Å²) in [5.41, 5.74) is 8.36. The van der Waals surface area contributed by atoms with Crippen molar-refractivity contribution in [3.8, 4) is 5.75 Å². The van der Waals surface area contributed by atoms with Gasteiger partial charge < -0.3 is 25.5 Å². The Kier molecular flexibility index (Phi) is 6.39. The summed E-state index contributed by atoms with van der Waals surface area (Å²) in [5.74, 6) is 0.459. The molecule has 8 nitrogen and oxygen atoms in total. The highest BCUT2D eigenvalue weighted by Crippen LogP contribution is 2.33. The number of nitrogens with one attached hydrogen (secondary N) is 2. The molecule has 0 spiro atoms. The number of amides is 3. The number of ether oxygens (including phenoxy) is 1. The SMILES string of the molecule is NC(=O)CNC(=O)c1ccc(CNC(=O)COc2ccc3oc4c(c3c2)CCCC4)cc1. The zero-order valence-corrected chi connectivity index (χ0v) is 17.6. The van der Waals surface area contributed by atoms with E-state index in [-0.39, 0.29) is 25.0 Å². The Morgan fingerprint density at radius 3 is 2.56 bits per heavy atom. The van der Waals surface area contributed by atoms with Crippen LogP contribution in [-0.2, 0) is 29.0 Å². The summed E-state index contributed by atoms with van der Waals surface area (Å²) in [6.45, 7) is -0.00848. The molecule has 4 N–H and O–H groups in total. The van der Waals surface area contributed by atoms with Crippen molar-refractivity contribution in [3.63, 3.8) is 0 Å². The molecule has 4 rings (SSSR count). The van der Waals surface area contributed by atoms with Gasteiger partial charge >= 0.3 is 0 Å². The molecule has 0 aliphatic heterocycles. The number of fused-ring (bicyclic) bond motifs is 3. The number of furan rings is 1. The zero-order valence-electron chi connectivity index (χ0n) is 17.6. The van der Waals surface area contributed by atoms with Crippen molar-refractivity contribution in [1.82, 2.24) is 10.6 Å². The molecule has 1 aliphatic rings. The van der Waals surface area contributed by atoms with Gasteiger partial charge in [0.2, 0.25) is 5.91 Å². The highest BCUT2D eigenvalue weighted by Gasteiger charge is 2.18. The van der Waals surface area contributed by atoms with Crippen LogP contribution in [0.4, 0.5) is 0 Å². The summed E-state index contributed by atoms with van der Waals surface area (Å²) in [6.07, 6.45) is 4.30. The molecule has 0 fully saturated rings. The number of carbonyl (C=O) groups is 3. The minimum Gasteiger partial charge on any atom is -0.484 e. The fourth-order valence-corrected chi connectivity index (χ4v) is 3.78. The maximum atomic E-state index is 12.2. The summed E-state index contributed by atoms with van der Waals surface area (Å²) >= 11 is 0. The zero-order chi connectivity index (χ0) is 22.5. The van der Waals surface area contributed by atoms with Crippen molar-refractivity contribution in [2.24, 2.45) is 5.73 Å². The fourth-order valence-electron chi connectivity index (χ4n) is 3.78. The highest BCUT2D eigenvalue weighted by molar-refractivity contribution is 5.96. The van der Waals surface area contributed by atoms with E-state index >= 15 is 0 Å². The van der Waals surface area contributed by atoms with Gasteiger partial charge in [-0.05, 0) is 55.2 Å². The first kappa shape index (κ1) is 21.4. The Hall–Kier alpha value is -3.81. The smallest absolute Gasteiger partial charge is 0.258 e.